The molecular weight excluding hydrogens is 126 g/mol. The molecule has 1 aliphatic heterocycles. The van der Waals surface area contributed by atoms with Gasteiger partial charge in [-0.2, -0.15) is 0 Å². The molecular formula is C7H15N3. The van der Waals surface area contributed by atoms with Crippen LogP contribution in [0.2, 0.25) is 0 Å². The van der Waals surface area contributed by atoms with E-state index in [9.17, 15) is 0 Å². The van der Waals surface area contributed by atoms with Crippen molar-refractivity contribution in [2.45, 2.75) is 12.8 Å². The van der Waals surface area contributed by atoms with Gasteiger partial charge in [-0.3, -0.25) is 9.89 Å². The maximum absolute atomic E-state index is 5.56. The minimum atomic E-state index is 0.752. The number of hydrogen-bond acceptors (Lipinski definition) is 2. The van der Waals surface area contributed by atoms with Gasteiger partial charge in [0.1, 0.15) is 5.84 Å². The van der Waals surface area contributed by atoms with Crippen molar-refractivity contribution >= 4 is 5.84 Å². The average Bonchev–Trinajstić information content (AvgIpc) is 2.40. The van der Waals surface area contributed by atoms with Gasteiger partial charge >= 0.3 is 0 Å². The monoisotopic (exact) mass is 141 g/mol. The zero-order valence-corrected chi connectivity index (χ0v) is 6.51. The number of amidine groups is 1. The van der Waals surface area contributed by atoms with Crippen LogP contribution in [-0.4, -0.2) is 37.4 Å². The van der Waals surface area contributed by atoms with Crippen LogP contribution in [0.15, 0.2) is 4.99 Å². The molecule has 0 radical (unpaired) electrons. The smallest absolute Gasteiger partial charge is 0.108 e. The fourth-order valence-corrected chi connectivity index (χ4v) is 1.24. The summed E-state index contributed by atoms with van der Waals surface area (Å²) >= 11 is 0. The van der Waals surface area contributed by atoms with Gasteiger partial charge < -0.3 is 5.73 Å². The molecule has 0 unspecified atom stereocenters. The van der Waals surface area contributed by atoms with Crippen molar-refractivity contribution in [3.05, 3.63) is 0 Å². The minimum absolute atomic E-state index is 0.752. The molecule has 0 amide bonds. The number of hydrogen-bond donors (Lipinski definition) is 1. The maximum Gasteiger partial charge on any atom is 0.108 e. The van der Waals surface area contributed by atoms with E-state index < -0.39 is 0 Å². The van der Waals surface area contributed by atoms with Gasteiger partial charge in [-0.15, -0.1) is 0 Å². The molecule has 10 heavy (non-hydrogen) atoms. The third-order valence-corrected chi connectivity index (χ3v) is 1.87. The molecule has 0 bridgehead atoms. The predicted molar refractivity (Wildman–Crippen MR) is 43.2 cm³/mol. The Morgan fingerprint density at radius 3 is 2.60 bits per heavy atom. The number of nitrogens with two attached hydrogens (primary N) is 1. The van der Waals surface area contributed by atoms with Gasteiger partial charge in [0, 0.05) is 7.05 Å². The van der Waals surface area contributed by atoms with Crippen LogP contribution in [0.5, 0.6) is 0 Å². The molecule has 1 aliphatic rings. The lowest BCUT2D eigenvalue weighted by molar-refractivity contribution is 0.387. The summed E-state index contributed by atoms with van der Waals surface area (Å²) in [5.41, 5.74) is 5.56. The van der Waals surface area contributed by atoms with Crippen LogP contribution >= 0.6 is 0 Å². The molecule has 1 rings (SSSR count). The number of rotatable bonds is 2. The number of likely N-dealkylation sites (tertiary alicyclic amines) is 1. The van der Waals surface area contributed by atoms with E-state index in [1.807, 2.05) is 0 Å². The third kappa shape index (κ3) is 1.99. The Balaban J connectivity index is 2.24. The van der Waals surface area contributed by atoms with E-state index in [0.29, 0.717) is 0 Å². The molecule has 0 aromatic rings. The molecule has 3 heteroatoms. The second-order valence-corrected chi connectivity index (χ2v) is 2.70. The van der Waals surface area contributed by atoms with Crippen molar-refractivity contribution in [2.24, 2.45) is 10.7 Å². The first-order valence-electron chi connectivity index (χ1n) is 3.76. The topological polar surface area (TPSA) is 41.6 Å². The summed E-state index contributed by atoms with van der Waals surface area (Å²) < 4.78 is 0. The van der Waals surface area contributed by atoms with Crippen LogP contribution in [0.1, 0.15) is 12.8 Å². The number of aliphatic imine (C=N–C) groups is 1. The SMILES string of the molecule is CN=C(N)CN1CCCC1. The first kappa shape index (κ1) is 7.54. The summed E-state index contributed by atoms with van der Waals surface area (Å²) in [5.74, 6) is 0.752. The van der Waals surface area contributed by atoms with Crippen molar-refractivity contribution in [2.75, 3.05) is 26.7 Å². The van der Waals surface area contributed by atoms with Gasteiger partial charge in [0.25, 0.3) is 0 Å². The molecule has 2 N–H and O–H groups in total. The Kier molecular flexibility index (Phi) is 2.68. The molecule has 58 valence electrons. The highest BCUT2D eigenvalue weighted by Crippen LogP contribution is 2.05. The predicted octanol–water partition coefficient (Wildman–Crippen LogP) is 0.0692. The second-order valence-electron chi connectivity index (χ2n) is 2.70. The van der Waals surface area contributed by atoms with Crippen LogP contribution in [0.3, 0.4) is 0 Å². The van der Waals surface area contributed by atoms with Crippen molar-refractivity contribution < 1.29 is 0 Å². The molecule has 0 saturated carbocycles. The Bertz CT molecular complexity index is 125. The van der Waals surface area contributed by atoms with E-state index >= 15 is 0 Å². The van der Waals surface area contributed by atoms with Crippen LogP contribution in [0, 0.1) is 0 Å². The van der Waals surface area contributed by atoms with E-state index in [4.69, 9.17) is 5.73 Å². The largest absolute Gasteiger partial charge is 0.386 e. The van der Waals surface area contributed by atoms with Crippen molar-refractivity contribution in [3.8, 4) is 0 Å². The summed E-state index contributed by atoms with van der Waals surface area (Å²) in [6.07, 6.45) is 2.63. The van der Waals surface area contributed by atoms with E-state index in [1.54, 1.807) is 7.05 Å². The lowest BCUT2D eigenvalue weighted by Gasteiger charge is -2.12. The summed E-state index contributed by atoms with van der Waals surface area (Å²) in [5, 5.41) is 0. The average molecular weight is 141 g/mol. The van der Waals surface area contributed by atoms with Gasteiger partial charge in [0.15, 0.2) is 0 Å². The number of nitrogens with zero attached hydrogens (tertiary/aromatic N) is 2. The molecule has 1 fully saturated rings. The Hall–Kier alpha value is -0.570. The summed E-state index contributed by atoms with van der Waals surface area (Å²) in [6, 6.07) is 0. The van der Waals surface area contributed by atoms with Gasteiger partial charge in [-0.1, -0.05) is 0 Å². The highest BCUT2D eigenvalue weighted by atomic mass is 15.2. The maximum atomic E-state index is 5.56. The zero-order valence-electron chi connectivity index (χ0n) is 6.51. The van der Waals surface area contributed by atoms with E-state index in [0.717, 1.165) is 12.4 Å². The summed E-state index contributed by atoms with van der Waals surface area (Å²) in [4.78, 5) is 6.24. The summed E-state index contributed by atoms with van der Waals surface area (Å²) in [6.45, 7) is 3.24. The van der Waals surface area contributed by atoms with Crippen molar-refractivity contribution in [1.29, 1.82) is 0 Å². The quantitative estimate of drug-likeness (QED) is 0.437. The second kappa shape index (κ2) is 3.56. The molecule has 1 saturated heterocycles. The van der Waals surface area contributed by atoms with Crippen LogP contribution < -0.4 is 5.73 Å². The van der Waals surface area contributed by atoms with Crippen molar-refractivity contribution in [3.63, 3.8) is 0 Å². The van der Waals surface area contributed by atoms with Gasteiger partial charge in [-0.05, 0) is 25.9 Å². The van der Waals surface area contributed by atoms with Crippen LogP contribution in [-0.2, 0) is 0 Å². The Morgan fingerprint density at radius 2 is 2.10 bits per heavy atom. The fraction of sp³-hybridized carbons (Fsp3) is 0.857. The minimum Gasteiger partial charge on any atom is -0.386 e. The molecule has 3 nitrogen and oxygen atoms in total. The lowest BCUT2D eigenvalue weighted by Crippen LogP contribution is -2.31. The lowest BCUT2D eigenvalue weighted by atomic mass is 10.4. The molecule has 0 spiro atoms. The van der Waals surface area contributed by atoms with E-state index in [2.05, 4.69) is 9.89 Å². The van der Waals surface area contributed by atoms with Crippen LogP contribution in [0.25, 0.3) is 0 Å². The Labute approximate surface area is 61.9 Å². The normalized spacial score (nSPS) is 21.9. The molecule has 0 atom stereocenters. The van der Waals surface area contributed by atoms with Crippen molar-refractivity contribution in [1.82, 2.24) is 4.90 Å². The Morgan fingerprint density at radius 1 is 1.50 bits per heavy atom. The van der Waals surface area contributed by atoms with Gasteiger partial charge in [0.2, 0.25) is 0 Å². The third-order valence-electron chi connectivity index (χ3n) is 1.87. The standard InChI is InChI=1S/C7H15N3/c1-9-7(8)6-10-4-2-3-5-10/h2-6H2,1H3,(H2,8,9). The van der Waals surface area contributed by atoms with Crippen LogP contribution in [0.4, 0.5) is 0 Å². The first-order valence-corrected chi connectivity index (χ1v) is 3.76. The van der Waals surface area contributed by atoms with Gasteiger partial charge in [-0.25, -0.2) is 0 Å². The highest BCUT2D eigenvalue weighted by Gasteiger charge is 2.11. The summed E-state index contributed by atoms with van der Waals surface area (Å²) in [7, 11) is 1.74. The van der Waals surface area contributed by atoms with E-state index in [-0.39, 0.29) is 0 Å². The first-order chi connectivity index (χ1) is 4.83. The molecule has 0 aromatic heterocycles. The molecule has 1 heterocycles. The van der Waals surface area contributed by atoms with Gasteiger partial charge in [0.05, 0.1) is 6.54 Å². The zero-order chi connectivity index (χ0) is 7.40. The molecule has 0 aliphatic carbocycles. The highest BCUT2D eigenvalue weighted by molar-refractivity contribution is 5.82. The van der Waals surface area contributed by atoms with E-state index in [1.165, 1.54) is 25.9 Å². The molecule has 0 aromatic carbocycles. The fourth-order valence-electron chi connectivity index (χ4n) is 1.24.